The number of rotatable bonds is 5. The third-order valence-corrected chi connectivity index (χ3v) is 4.99. The number of benzene rings is 2. The summed E-state index contributed by atoms with van der Waals surface area (Å²) < 4.78 is 5.24. The van der Waals surface area contributed by atoms with Gasteiger partial charge in [-0.05, 0) is 44.0 Å². The van der Waals surface area contributed by atoms with Crippen molar-refractivity contribution in [1.29, 1.82) is 0 Å². The van der Waals surface area contributed by atoms with Crippen LogP contribution in [0.3, 0.4) is 0 Å². The summed E-state index contributed by atoms with van der Waals surface area (Å²) in [6.07, 6.45) is 1.34. The van der Waals surface area contributed by atoms with Gasteiger partial charge in [0.2, 0.25) is 0 Å². The fourth-order valence-electron chi connectivity index (χ4n) is 3.34. The van der Waals surface area contributed by atoms with Crippen LogP contribution in [0.25, 0.3) is 0 Å². The molecule has 0 aromatic heterocycles. The first-order valence-corrected chi connectivity index (χ1v) is 9.58. The molecule has 3 amide bonds. The molecule has 3 rings (SSSR count). The summed E-state index contributed by atoms with van der Waals surface area (Å²) in [5.41, 5.74) is 1.65. The SMILES string of the molecule is COc1ccccc1C(=O)NC1CCN(C(=O)Nc2cccc(C(C)=O)c2)CC1. The maximum absolute atomic E-state index is 12.5. The van der Waals surface area contributed by atoms with Crippen LogP contribution < -0.4 is 15.4 Å². The minimum Gasteiger partial charge on any atom is -0.496 e. The van der Waals surface area contributed by atoms with Crippen LogP contribution in [-0.2, 0) is 0 Å². The minimum atomic E-state index is -0.208. The molecule has 2 aromatic carbocycles. The number of para-hydroxylation sites is 1. The van der Waals surface area contributed by atoms with Crippen LogP contribution in [0.2, 0.25) is 0 Å². The number of urea groups is 1. The van der Waals surface area contributed by atoms with E-state index < -0.39 is 0 Å². The quantitative estimate of drug-likeness (QED) is 0.760. The Morgan fingerprint density at radius 1 is 1.03 bits per heavy atom. The van der Waals surface area contributed by atoms with Gasteiger partial charge >= 0.3 is 6.03 Å². The molecule has 1 heterocycles. The third-order valence-electron chi connectivity index (χ3n) is 4.99. The second-order valence-electron chi connectivity index (χ2n) is 7.00. The number of hydrogen-bond donors (Lipinski definition) is 2. The highest BCUT2D eigenvalue weighted by Gasteiger charge is 2.25. The van der Waals surface area contributed by atoms with Gasteiger partial charge in [0.25, 0.3) is 5.91 Å². The molecule has 7 heteroatoms. The van der Waals surface area contributed by atoms with Crippen LogP contribution >= 0.6 is 0 Å². The van der Waals surface area contributed by atoms with Crippen molar-refractivity contribution in [2.24, 2.45) is 0 Å². The number of Topliss-reactive ketones (excluding diaryl/α,β-unsaturated/α-hetero) is 1. The van der Waals surface area contributed by atoms with Gasteiger partial charge in [0, 0.05) is 30.4 Å². The molecule has 2 N–H and O–H groups in total. The lowest BCUT2D eigenvalue weighted by Crippen LogP contribution is -2.47. The Bertz CT molecular complexity index is 904. The zero-order valence-corrected chi connectivity index (χ0v) is 16.6. The number of piperidine rings is 1. The molecular weight excluding hydrogens is 370 g/mol. The van der Waals surface area contributed by atoms with Crippen molar-refractivity contribution in [1.82, 2.24) is 10.2 Å². The van der Waals surface area contributed by atoms with E-state index in [1.54, 1.807) is 47.4 Å². The zero-order chi connectivity index (χ0) is 20.8. The van der Waals surface area contributed by atoms with E-state index in [0.29, 0.717) is 48.5 Å². The standard InChI is InChI=1S/C22H25N3O4/c1-15(26)16-6-5-7-18(14-16)24-22(28)25-12-10-17(11-13-25)23-21(27)19-8-3-4-9-20(19)29-2/h3-9,14,17H,10-13H2,1-2H3,(H,23,27)(H,24,28). The molecule has 7 nitrogen and oxygen atoms in total. The summed E-state index contributed by atoms with van der Waals surface area (Å²) in [4.78, 5) is 38.2. The van der Waals surface area contributed by atoms with Gasteiger partial charge in [-0.1, -0.05) is 24.3 Å². The van der Waals surface area contributed by atoms with Gasteiger partial charge in [-0.15, -0.1) is 0 Å². The Balaban J connectivity index is 1.52. The van der Waals surface area contributed by atoms with Crippen LogP contribution in [0.1, 0.15) is 40.5 Å². The molecule has 1 aliphatic heterocycles. The molecule has 0 unspecified atom stereocenters. The summed E-state index contributed by atoms with van der Waals surface area (Å²) in [6.45, 7) is 2.56. The number of hydrogen-bond acceptors (Lipinski definition) is 4. The Labute approximate surface area is 170 Å². The molecule has 1 fully saturated rings. The number of amides is 3. The molecular formula is C22H25N3O4. The van der Waals surface area contributed by atoms with Crippen molar-refractivity contribution >= 4 is 23.4 Å². The molecule has 152 valence electrons. The largest absolute Gasteiger partial charge is 0.496 e. The lowest BCUT2D eigenvalue weighted by molar-refractivity contribution is 0.0915. The van der Waals surface area contributed by atoms with Crippen LogP contribution in [0.4, 0.5) is 10.5 Å². The molecule has 1 aliphatic rings. The van der Waals surface area contributed by atoms with Crippen molar-refractivity contribution in [2.45, 2.75) is 25.8 Å². The highest BCUT2D eigenvalue weighted by atomic mass is 16.5. The summed E-state index contributed by atoms with van der Waals surface area (Å²) in [5, 5.41) is 5.86. The van der Waals surface area contributed by atoms with Gasteiger partial charge < -0.3 is 20.3 Å². The van der Waals surface area contributed by atoms with Crippen LogP contribution in [0, 0.1) is 0 Å². The highest BCUT2D eigenvalue weighted by Crippen LogP contribution is 2.19. The van der Waals surface area contributed by atoms with Gasteiger partial charge in [-0.2, -0.15) is 0 Å². The second-order valence-corrected chi connectivity index (χ2v) is 7.00. The van der Waals surface area contributed by atoms with Crippen molar-refractivity contribution in [2.75, 3.05) is 25.5 Å². The third kappa shape index (κ3) is 5.13. The highest BCUT2D eigenvalue weighted by molar-refractivity contribution is 5.97. The van der Waals surface area contributed by atoms with Crippen molar-refractivity contribution in [3.8, 4) is 5.75 Å². The molecule has 0 atom stereocenters. The lowest BCUT2D eigenvalue weighted by Gasteiger charge is -2.32. The van der Waals surface area contributed by atoms with Crippen molar-refractivity contribution in [3.63, 3.8) is 0 Å². The smallest absolute Gasteiger partial charge is 0.321 e. The first-order valence-electron chi connectivity index (χ1n) is 9.58. The Hall–Kier alpha value is -3.35. The molecule has 0 aliphatic carbocycles. The Morgan fingerprint density at radius 2 is 1.76 bits per heavy atom. The number of ether oxygens (including phenoxy) is 1. The second kappa shape index (κ2) is 9.23. The number of carbonyl (C=O) groups excluding carboxylic acids is 3. The molecule has 1 saturated heterocycles. The van der Waals surface area contributed by atoms with Gasteiger partial charge in [0.05, 0.1) is 12.7 Å². The predicted molar refractivity (Wildman–Crippen MR) is 111 cm³/mol. The van der Waals surface area contributed by atoms with E-state index in [9.17, 15) is 14.4 Å². The van der Waals surface area contributed by atoms with E-state index in [0.717, 1.165) is 0 Å². The van der Waals surface area contributed by atoms with Crippen molar-refractivity contribution < 1.29 is 19.1 Å². The van der Waals surface area contributed by atoms with Crippen LogP contribution in [0.15, 0.2) is 48.5 Å². The number of ketones is 1. The molecule has 0 bridgehead atoms. The number of nitrogens with one attached hydrogen (secondary N) is 2. The van der Waals surface area contributed by atoms with Crippen molar-refractivity contribution in [3.05, 3.63) is 59.7 Å². The molecule has 0 spiro atoms. The minimum absolute atomic E-state index is 0.00231. The molecule has 29 heavy (non-hydrogen) atoms. The Kier molecular flexibility index (Phi) is 6.49. The van der Waals surface area contributed by atoms with Gasteiger partial charge in [0.15, 0.2) is 5.78 Å². The van der Waals surface area contributed by atoms with Gasteiger partial charge in [-0.25, -0.2) is 4.79 Å². The monoisotopic (exact) mass is 395 g/mol. The number of carbonyl (C=O) groups is 3. The van der Waals surface area contributed by atoms with E-state index in [-0.39, 0.29) is 23.8 Å². The first-order chi connectivity index (χ1) is 14.0. The molecule has 2 aromatic rings. The number of anilines is 1. The Morgan fingerprint density at radius 3 is 2.45 bits per heavy atom. The van der Waals surface area contributed by atoms with Gasteiger partial charge in [-0.3, -0.25) is 9.59 Å². The van der Waals surface area contributed by atoms with Crippen LogP contribution in [-0.4, -0.2) is 48.9 Å². The zero-order valence-electron chi connectivity index (χ0n) is 16.6. The molecule has 0 saturated carbocycles. The summed E-state index contributed by atoms with van der Waals surface area (Å²) >= 11 is 0. The average Bonchev–Trinajstić information content (AvgIpc) is 2.74. The predicted octanol–water partition coefficient (Wildman–Crippen LogP) is 3.32. The summed E-state index contributed by atoms with van der Waals surface area (Å²) in [7, 11) is 1.54. The van der Waals surface area contributed by atoms with E-state index in [2.05, 4.69) is 10.6 Å². The van der Waals surface area contributed by atoms with Gasteiger partial charge in [0.1, 0.15) is 5.75 Å². The van der Waals surface area contributed by atoms with E-state index in [4.69, 9.17) is 4.74 Å². The summed E-state index contributed by atoms with van der Waals surface area (Å²) in [5.74, 6) is 0.314. The fraction of sp³-hybridized carbons (Fsp3) is 0.318. The fourth-order valence-corrected chi connectivity index (χ4v) is 3.34. The number of nitrogens with zero attached hydrogens (tertiary/aromatic N) is 1. The van der Waals surface area contributed by atoms with E-state index in [1.807, 2.05) is 6.07 Å². The topological polar surface area (TPSA) is 87.7 Å². The summed E-state index contributed by atoms with van der Waals surface area (Å²) in [6, 6.07) is 13.8. The molecule has 0 radical (unpaired) electrons. The maximum atomic E-state index is 12.5. The number of likely N-dealkylation sites (tertiary alicyclic amines) is 1. The van der Waals surface area contributed by atoms with E-state index >= 15 is 0 Å². The van der Waals surface area contributed by atoms with E-state index in [1.165, 1.54) is 14.0 Å². The maximum Gasteiger partial charge on any atom is 0.321 e. The lowest BCUT2D eigenvalue weighted by atomic mass is 10.0. The average molecular weight is 395 g/mol. The first kappa shape index (κ1) is 20.4. The number of methoxy groups -OCH3 is 1. The normalized spacial score (nSPS) is 14.2. The van der Waals surface area contributed by atoms with Crippen LogP contribution in [0.5, 0.6) is 5.75 Å².